The quantitative estimate of drug-likeness (QED) is 0.0631. The molecule has 8 heteroatoms. The lowest BCUT2D eigenvalue weighted by molar-refractivity contribution is 0.457. The number of rotatable bonds is 10. The van der Waals surface area contributed by atoms with E-state index in [2.05, 4.69) is 0 Å². The number of hydrogen-bond donors (Lipinski definition) is 8. The molecule has 8 N–H and O–H groups in total. The van der Waals surface area contributed by atoms with Gasteiger partial charge in [0.2, 0.25) is 0 Å². The predicted octanol–water partition coefficient (Wildman–Crippen LogP) is 12.4. The molecule has 314 valence electrons. The average molecular weight is 843 g/mol. The summed E-state index contributed by atoms with van der Waals surface area (Å²) >= 11 is 0. The zero-order valence-electron chi connectivity index (χ0n) is 34.2. The van der Waals surface area contributed by atoms with E-state index in [0.717, 1.165) is 44.5 Å². The van der Waals surface area contributed by atoms with E-state index >= 15 is 0 Å². The molecule has 0 aliphatic heterocycles. The summed E-state index contributed by atoms with van der Waals surface area (Å²) in [5, 5.41) is 86.7. The molecule has 0 bridgehead atoms. The van der Waals surface area contributed by atoms with E-state index in [1.807, 2.05) is 48.5 Å². The molecule has 0 saturated heterocycles. The lowest BCUT2D eigenvalue weighted by atomic mass is 9.79. The van der Waals surface area contributed by atoms with Gasteiger partial charge in [0.05, 0.1) is 0 Å². The first-order valence-electron chi connectivity index (χ1n) is 20.6. The molecule has 0 unspecified atom stereocenters. The minimum Gasteiger partial charge on any atom is -0.508 e. The highest BCUT2D eigenvalue weighted by Gasteiger charge is 2.28. The van der Waals surface area contributed by atoms with Crippen molar-refractivity contribution in [3.8, 4) is 90.5 Å². The zero-order chi connectivity index (χ0) is 44.5. The standard InChI is InChI=1S/C56H42O8/c57-43-17-5-33(6-18-43)39-13-25-51(61)47(29-39)55(48-30-40(14-26-52(48)62)34-7-19-44(58)20-8-34)37-1-2-38(4-3-37)56(49-31-41(15-27-53(49)63)35-9-21-45(59)22-10-35)50-32-42(16-28-54(50)64)36-11-23-46(60)24-12-36/h1-32,55-64H. The lowest BCUT2D eigenvalue weighted by Gasteiger charge is -2.25. The minimum atomic E-state index is -0.723. The van der Waals surface area contributed by atoms with Gasteiger partial charge in [-0.3, -0.25) is 0 Å². The van der Waals surface area contributed by atoms with Gasteiger partial charge in [-0.05, 0) is 153 Å². The van der Waals surface area contributed by atoms with Crippen LogP contribution in [0.3, 0.4) is 0 Å². The smallest absolute Gasteiger partial charge is 0.119 e. The van der Waals surface area contributed by atoms with Crippen molar-refractivity contribution in [1.82, 2.24) is 0 Å². The maximum absolute atomic E-state index is 11.7. The summed E-state index contributed by atoms with van der Waals surface area (Å²) in [6.07, 6.45) is 0. The van der Waals surface area contributed by atoms with Crippen LogP contribution in [0.2, 0.25) is 0 Å². The lowest BCUT2D eigenvalue weighted by Crippen LogP contribution is -2.08. The van der Waals surface area contributed by atoms with Gasteiger partial charge in [-0.1, -0.05) is 97.1 Å². The third-order valence-electron chi connectivity index (χ3n) is 11.8. The third kappa shape index (κ3) is 8.23. The van der Waals surface area contributed by atoms with Crippen LogP contribution < -0.4 is 0 Å². The largest absolute Gasteiger partial charge is 0.508 e. The second-order valence-electron chi connectivity index (χ2n) is 15.8. The fourth-order valence-corrected chi connectivity index (χ4v) is 8.41. The summed E-state index contributed by atoms with van der Waals surface area (Å²) < 4.78 is 0. The predicted molar refractivity (Wildman–Crippen MR) is 249 cm³/mol. The van der Waals surface area contributed by atoms with E-state index in [1.54, 1.807) is 146 Å². The summed E-state index contributed by atoms with van der Waals surface area (Å²) in [5.41, 5.74) is 9.77. The molecular formula is C56H42O8. The van der Waals surface area contributed by atoms with Gasteiger partial charge in [0.25, 0.3) is 0 Å². The van der Waals surface area contributed by atoms with Gasteiger partial charge in [-0.15, -0.1) is 0 Å². The van der Waals surface area contributed by atoms with Gasteiger partial charge in [0.1, 0.15) is 46.0 Å². The van der Waals surface area contributed by atoms with Crippen LogP contribution >= 0.6 is 0 Å². The van der Waals surface area contributed by atoms with Crippen LogP contribution in [0.5, 0.6) is 46.0 Å². The van der Waals surface area contributed by atoms with E-state index < -0.39 is 11.8 Å². The first-order chi connectivity index (χ1) is 31.0. The molecule has 9 rings (SSSR count). The van der Waals surface area contributed by atoms with E-state index in [9.17, 15) is 40.9 Å². The summed E-state index contributed by atoms with van der Waals surface area (Å²) in [7, 11) is 0. The minimum absolute atomic E-state index is 0.00384. The highest BCUT2D eigenvalue weighted by Crippen LogP contribution is 2.47. The fraction of sp³-hybridized carbons (Fsp3) is 0.0357. The Balaban J connectivity index is 1.22. The summed E-state index contributed by atoms with van der Waals surface area (Å²) in [6.45, 7) is 0. The van der Waals surface area contributed by atoms with Crippen molar-refractivity contribution in [1.29, 1.82) is 0 Å². The van der Waals surface area contributed by atoms with Crippen molar-refractivity contribution in [2.75, 3.05) is 0 Å². The molecule has 64 heavy (non-hydrogen) atoms. The van der Waals surface area contributed by atoms with E-state index in [0.29, 0.717) is 33.4 Å². The Hall–Kier alpha value is -8.62. The highest BCUT2D eigenvalue weighted by atomic mass is 16.3. The molecular weight excluding hydrogens is 801 g/mol. The highest BCUT2D eigenvalue weighted by molar-refractivity contribution is 5.73. The van der Waals surface area contributed by atoms with Gasteiger partial charge in [-0.25, -0.2) is 0 Å². The van der Waals surface area contributed by atoms with Gasteiger partial charge < -0.3 is 40.9 Å². The topological polar surface area (TPSA) is 162 Å². The molecule has 0 aromatic heterocycles. The van der Waals surface area contributed by atoms with Gasteiger partial charge >= 0.3 is 0 Å². The first-order valence-corrected chi connectivity index (χ1v) is 20.6. The van der Waals surface area contributed by atoms with Crippen LogP contribution in [0, 0.1) is 0 Å². The van der Waals surface area contributed by atoms with Crippen molar-refractivity contribution in [2.24, 2.45) is 0 Å². The van der Waals surface area contributed by atoms with Crippen LogP contribution in [0.25, 0.3) is 44.5 Å². The maximum Gasteiger partial charge on any atom is 0.119 e. The Morgan fingerprint density at radius 1 is 0.203 bits per heavy atom. The van der Waals surface area contributed by atoms with Crippen molar-refractivity contribution < 1.29 is 40.9 Å². The molecule has 0 heterocycles. The molecule has 9 aromatic rings. The van der Waals surface area contributed by atoms with E-state index in [1.165, 1.54) is 0 Å². The fourth-order valence-electron chi connectivity index (χ4n) is 8.41. The first kappa shape index (κ1) is 40.8. The molecule has 0 aliphatic rings. The zero-order valence-corrected chi connectivity index (χ0v) is 34.2. The normalized spacial score (nSPS) is 11.3. The third-order valence-corrected chi connectivity index (χ3v) is 11.8. The van der Waals surface area contributed by atoms with E-state index in [-0.39, 0.29) is 46.0 Å². The van der Waals surface area contributed by atoms with Crippen LogP contribution in [-0.4, -0.2) is 40.9 Å². The summed E-state index contributed by atoms with van der Waals surface area (Å²) in [6, 6.07) is 55.8. The van der Waals surface area contributed by atoms with Crippen molar-refractivity contribution in [2.45, 2.75) is 11.8 Å². The number of benzene rings is 9. The van der Waals surface area contributed by atoms with Crippen molar-refractivity contribution in [3.05, 3.63) is 228 Å². The Kier molecular flexibility index (Phi) is 10.8. The average Bonchev–Trinajstić information content (AvgIpc) is 3.30. The molecule has 0 atom stereocenters. The second kappa shape index (κ2) is 17.0. The Morgan fingerprint density at radius 2 is 0.391 bits per heavy atom. The van der Waals surface area contributed by atoms with Crippen molar-refractivity contribution >= 4 is 0 Å². The molecule has 8 nitrogen and oxygen atoms in total. The summed E-state index contributed by atoms with van der Waals surface area (Å²) in [4.78, 5) is 0. The molecule has 0 radical (unpaired) electrons. The van der Waals surface area contributed by atoms with E-state index in [4.69, 9.17) is 0 Å². The molecule has 0 fully saturated rings. The molecule has 9 aromatic carbocycles. The van der Waals surface area contributed by atoms with Crippen LogP contribution in [0.15, 0.2) is 194 Å². The molecule has 0 saturated carbocycles. The molecule has 0 aliphatic carbocycles. The number of hydrogen-bond acceptors (Lipinski definition) is 8. The SMILES string of the molecule is Oc1ccc(-c2ccc(O)c(C(c3ccc(C(c4cc(-c5ccc(O)cc5)ccc4O)c4cc(-c5ccc(O)cc5)ccc4O)cc3)c3cc(-c4ccc(O)cc4)ccc3O)c2)cc1. The second-order valence-corrected chi connectivity index (χ2v) is 15.8. The Morgan fingerprint density at radius 3 is 0.594 bits per heavy atom. The summed E-state index contributed by atoms with van der Waals surface area (Å²) in [5.74, 6) is -0.977. The van der Waals surface area contributed by atoms with Crippen molar-refractivity contribution in [3.63, 3.8) is 0 Å². The van der Waals surface area contributed by atoms with Gasteiger partial charge in [0, 0.05) is 34.1 Å². The number of phenols is 8. The van der Waals surface area contributed by atoms with Gasteiger partial charge in [0.15, 0.2) is 0 Å². The molecule has 0 spiro atoms. The number of aromatic hydroxyl groups is 8. The van der Waals surface area contributed by atoms with Gasteiger partial charge in [-0.2, -0.15) is 0 Å². The molecule has 0 amide bonds. The van der Waals surface area contributed by atoms with Crippen LogP contribution in [0.4, 0.5) is 0 Å². The Labute approximate surface area is 369 Å². The monoisotopic (exact) mass is 842 g/mol. The Bertz CT molecular complexity index is 2700. The number of phenolic OH excluding ortho intramolecular Hbond substituents is 8. The van der Waals surface area contributed by atoms with Crippen LogP contribution in [-0.2, 0) is 0 Å². The maximum atomic E-state index is 11.7. The van der Waals surface area contributed by atoms with Crippen LogP contribution in [0.1, 0.15) is 45.2 Å².